The molecule has 1 aromatic heterocycles. The van der Waals surface area contributed by atoms with E-state index in [0.29, 0.717) is 54.4 Å². The van der Waals surface area contributed by atoms with Crippen LogP contribution in [-0.2, 0) is 20.9 Å². The maximum absolute atomic E-state index is 12.9. The van der Waals surface area contributed by atoms with Gasteiger partial charge in [0.15, 0.2) is 11.5 Å². The lowest BCUT2D eigenvalue weighted by molar-refractivity contribution is -0.139. The highest BCUT2D eigenvalue weighted by Gasteiger charge is 2.37. The number of pyridine rings is 1. The Bertz CT molecular complexity index is 1120. The predicted octanol–water partition coefficient (Wildman–Crippen LogP) is 3.33. The van der Waals surface area contributed by atoms with Gasteiger partial charge in [-0.1, -0.05) is 0 Å². The highest BCUT2D eigenvalue weighted by molar-refractivity contribution is 9.10. The van der Waals surface area contributed by atoms with Gasteiger partial charge in [-0.2, -0.15) is 0 Å². The molecule has 2 fully saturated rings. The topological polar surface area (TPSA) is 98.3 Å². The van der Waals surface area contributed by atoms with Crippen LogP contribution in [0.3, 0.4) is 0 Å². The van der Waals surface area contributed by atoms with E-state index in [9.17, 15) is 14.4 Å². The third-order valence-electron chi connectivity index (χ3n) is 5.21. The zero-order valence-electron chi connectivity index (χ0n) is 18.4. The van der Waals surface area contributed by atoms with Crippen LogP contribution >= 0.6 is 27.7 Å². The molecule has 0 saturated carbocycles. The molecule has 11 heteroatoms. The largest absolute Gasteiger partial charge is 0.493 e. The van der Waals surface area contributed by atoms with Gasteiger partial charge in [0.05, 0.1) is 29.7 Å². The van der Waals surface area contributed by atoms with Crippen molar-refractivity contribution in [1.29, 1.82) is 0 Å². The van der Waals surface area contributed by atoms with Crippen LogP contribution in [-0.4, -0.2) is 71.8 Å². The van der Waals surface area contributed by atoms with Crippen LogP contribution in [0, 0.1) is 0 Å². The molecule has 2 aliphatic heterocycles. The van der Waals surface area contributed by atoms with Crippen LogP contribution in [0.4, 0.5) is 4.79 Å². The Morgan fingerprint density at radius 3 is 2.68 bits per heavy atom. The second-order valence-corrected chi connectivity index (χ2v) is 9.29. The van der Waals surface area contributed by atoms with E-state index in [2.05, 4.69) is 20.9 Å². The molecule has 0 unspecified atom stereocenters. The summed E-state index contributed by atoms with van der Waals surface area (Å²) >= 11 is 4.31. The molecule has 2 aromatic rings. The number of methoxy groups -OCH3 is 1. The zero-order valence-corrected chi connectivity index (χ0v) is 20.8. The number of benzene rings is 1. The number of morpholine rings is 1. The third-order valence-corrected chi connectivity index (χ3v) is 6.71. The predicted molar refractivity (Wildman–Crippen MR) is 129 cm³/mol. The van der Waals surface area contributed by atoms with Gasteiger partial charge < -0.3 is 19.1 Å². The van der Waals surface area contributed by atoms with E-state index in [1.165, 1.54) is 7.11 Å². The normalized spacial score (nSPS) is 17.4. The highest BCUT2D eigenvalue weighted by atomic mass is 79.9. The minimum absolute atomic E-state index is 0.235. The van der Waals surface area contributed by atoms with Crippen molar-refractivity contribution in [2.45, 2.75) is 6.61 Å². The van der Waals surface area contributed by atoms with Crippen LogP contribution in [0.1, 0.15) is 11.1 Å². The lowest BCUT2D eigenvalue weighted by Crippen LogP contribution is -2.46. The number of nitrogens with zero attached hydrogens (tertiary/aromatic N) is 3. The molecule has 178 valence electrons. The Morgan fingerprint density at radius 2 is 1.97 bits per heavy atom. The summed E-state index contributed by atoms with van der Waals surface area (Å²) in [6, 6.07) is 7.21. The molecular weight excluding hydrogens is 526 g/mol. The first-order chi connectivity index (χ1) is 16.5. The number of amides is 3. The minimum Gasteiger partial charge on any atom is -0.493 e. The maximum Gasteiger partial charge on any atom is 0.294 e. The van der Waals surface area contributed by atoms with Crippen molar-refractivity contribution in [3.05, 3.63) is 57.2 Å². The van der Waals surface area contributed by atoms with E-state index in [1.807, 2.05) is 12.1 Å². The number of carbonyl (C=O) groups is 3. The van der Waals surface area contributed by atoms with Crippen molar-refractivity contribution >= 4 is 50.8 Å². The van der Waals surface area contributed by atoms with Gasteiger partial charge in [-0.25, -0.2) is 0 Å². The SMILES string of the molecule is COc1cc(/C=C2\SC(=O)N(CC(=O)N3CCOCC3)C2=O)cc(Br)c1OCc1ccncc1. The number of carbonyl (C=O) groups excluding carboxylic acids is 3. The maximum atomic E-state index is 12.9. The van der Waals surface area contributed by atoms with Crippen LogP contribution in [0.5, 0.6) is 11.5 Å². The molecule has 0 spiro atoms. The summed E-state index contributed by atoms with van der Waals surface area (Å²) in [5.74, 6) is 0.216. The fraction of sp³-hybridized carbons (Fsp3) is 0.304. The van der Waals surface area contributed by atoms with Crippen LogP contribution in [0.2, 0.25) is 0 Å². The van der Waals surface area contributed by atoms with Gasteiger partial charge in [0.1, 0.15) is 13.2 Å². The molecule has 2 aliphatic rings. The Morgan fingerprint density at radius 1 is 1.24 bits per heavy atom. The summed E-state index contributed by atoms with van der Waals surface area (Å²) in [7, 11) is 1.52. The quantitative estimate of drug-likeness (QED) is 0.487. The molecule has 2 saturated heterocycles. The standard InChI is InChI=1S/C23H22BrN3O6S/c1-31-18-11-16(10-17(24)21(18)33-14-15-2-4-25-5-3-15)12-19-22(29)27(23(30)34-19)13-20(28)26-6-8-32-9-7-26/h2-5,10-12H,6-9,13-14H2,1H3/b19-12-. The van der Waals surface area contributed by atoms with E-state index in [-0.39, 0.29) is 17.4 Å². The number of imide groups is 1. The Balaban J connectivity index is 1.48. The highest BCUT2D eigenvalue weighted by Crippen LogP contribution is 2.39. The van der Waals surface area contributed by atoms with Crippen molar-refractivity contribution < 1.29 is 28.6 Å². The van der Waals surface area contributed by atoms with Gasteiger partial charge in [0.2, 0.25) is 5.91 Å². The molecule has 0 N–H and O–H groups in total. The summed E-state index contributed by atoms with van der Waals surface area (Å²) in [6.07, 6.45) is 4.98. The number of halogens is 1. The smallest absolute Gasteiger partial charge is 0.294 e. The molecular formula is C23H22BrN3O6S. The Hall–Kier alpha value is -2.89. The lowest BCUT2D eigenvalue weighted by atomic mass is 10.1. The monoisotopic (exact) mass is 547 g/mol. The van der Waals surface area contributed by atoms with Crippen molar-refractivity contribution in [2.75, 3.05) is 40.0 Å². The number of hydrogen-bond acceptors (Lipinski definition) is 8. The first-order valence-corrected chi connectivity index (χ1v) is 12.1. The minimum atomic E-state index is -0.496. The summed E-state index contributed by atoms with van der Waals surface area (Å²) in [6.45, 7) is 1.85. The lowest BCUT2D eigenvalue weighted by Gasteiger charge is -2.28. The Labute approximate surface area is 209 Å². The van der Waals surface area contributed by atoms with E-state index in [0.717, 1.165) is 22.2 Å². The number of rotatable bonds is 7. The average Bonchev–Trinajstić information content (AvgIpc) is 3.11. The number of thioether (sulfide) groups is 1. The number of aromatic nitrogens is 1. The second kappa shape index (κ2) is 11.0. The molecule has 34 heavy (non-hydrogen) atoms. The van der Waals surface area contributed by atoms with Crippen molar-refractivity contribution in [2.24, 2.45) is 0 Å². The molecule has 3 amide bonds. The summed E-state index contributed by atoms with van der Waals surface area (Å²) in [5.41, 5.74) is 1.60. The average molecular weight is 548 g/mol. The van der Waals surface area contributed by atoms with Gasteiger partial charge >= 0.3 is 0 Å². The Kier molecular flexibility index (Phi) is 7.86. The van der Waals surface area contributed by atoms with Gasteiger partial charge in [-0.3, -0.25) is 24.3 Å². The zero-order chi connectivity index (χ0) is 24.1. The summed E-state index contributed by atoms with van der Waals surface area (Å²) in [5, 5.41) is -0.471. The first-order valence-electron chi connectivity index (χ1n) is 10.5. The van der Waals surface area contributed by atoms with Crippen LogP contribution < -0.4 is 9.47 Å². The van der Waals surface area contributed by atoms with Crippen LogP contribution in [0.25, 0.3) is 6.08 Å². The van der Waals surface area contributed by atoms with Crippen LogP contribution in [0.15, 0.2) is 46.0 Å². The molecule has 0 bridgehead atoms. The van der Waals surface area contributed by atoms with E-state index in [1.54, 1.807) is 35.5 Å². The fourth-order valence-electron chi connectivity index (χ4n) is 3.43. The number of hydrogen-bond donors (Lipinski definition) is 0. The van der Waals surface area contributed by atoms with E-state index < -0.39 is 11.1 Å². The van der Waals surface area contributed by atoms with E-state index >= 15 is 0 Å². The fourth-order valence-corrected chi connectivity index (χ4v) is 4.85. The molecule has 9 nitrogen and oxygen atoms in total. The number of ether oxygens (including phenoxy) is 3. The van der Waals surface area contributed by atoms with Gasteiger partial charge in [-0.05, 0) is 69.2 Å². The third kappa shape index (κ3) is 5.60. The van der Waals surface area contributed by atoms with Gasteiger partial charge in [0, 0.05) is 25.5 Å². The molecule has 3 heterocycles. The summed E-state index contributed by atoms with van der Waals surface area (Å²) < 4.78 is 17.3. The van der Waals surface area contributed by atoms with Gasteiger partial charge in [0.25, 0.3) is 11.1 Å². The molecule has 0 aliphatic carbocycles. The molecule has 4 rings (SSSR count). The van der Waals surface area contributed by atoms with Crippen molar-refractivity contribution in [3.8, 4) is 11.5 Å². The molecule has 1 aromatic carbocycles. The molecule has 0 atom stereocenters. The first kappa shape index (κ1) is 24.2. The molecule has 0 radical (unpaired) electrons. The van der Waals surface area contributed by atoms with Gasteiger partial charge in [-0.15, -0.1) is 0 Å². The van der Waals surface area contributed by atoms with Crippen molar-refractivity contribution in [1.82, 2.24) is 14.8 Å². The second-order valence-electron chi connectivity index (χ2n) is 7.44. The van der Waals surface area contributed by atoms with E-state index in [4.69, 9.17) is 14.2 Å². The summed E-state index contributed by atoms with van der Waals surface area (Å²) in [4.78, 5) is 44.6. The van der Waals surface area contributed by atoms with Crippen molar-refractivity contribution in [3.63, 3.8) is 0 Å².